The summed E-state index contributed by atoms with van der Waals surface area (Å²) >= 11 is 7.25. The predicted molar refractivity (Wildman–Crippen MR) is 89.2 cm³/mol. The molecule has 0 aliphatic heterocycles. The molecule has 0 radical (unpaired) electrons. The van der Waals surface area contributed by atoms with E-state index in [0.29, 0.717) is 4.88 Å². The van der Waals surface area contributed by atoms with E-state index in [1.165, 1.54) is 29.5 Å². The third-order valence-corrected chi connectivity index (χ3v) is 5.01. The van der Waals surface area contributed by atoms with Crippen LogP contribution < -0.4 is 10.9 Å². The van der Waals surface area contributed by atoms with E-state index < -0.39 is 17.6 Å². The van der Waals surface area contributed by atoms with E-state index in [2.05, 4.69) is 10.9 Å². The fraction of sp³-hybridized carbons (Fsp3) is 0.250. The highest BCUT2D eigenvalue weighted by Gasteiger charge is 2.15. The van der Waals surface area contributed by atoms with Crippen LogP contribution in [0.25, 0.3) is 0 Å². The molecular formula is C16H16ClFN2O2S. The molecule has 0 fully saturated rings. The molecule has 0 aliphatic carbocycles. The third kappa shape index (κ3) is 4.30. The van der Waals surface area contributed by atoms with Gasteiger partial charge in [-0.1, -0.05) is 24.6 Å². The molecular weight excluding hydrogens is 339 g/mol. The maximum Gasteiger partial charge on any atom is 0.279 e. The maximum atomic E-state index is 13.6. The quantitative estimate of drug-likeness (QED) is 0.826. The molecule has 23 heavy (non-hydrogen) atoms. The summed E-state index contributed by atoms with van der Waals surface area (Å²) in [4.78, 5) is 25.5. The zero-order valence-corrected chi connectivity index (χ0v) is 14.3. The van der Waals surface area contributed by atoms with Gasteiger partial charge in [-0.3, -0.25) is 20.4 Å². The number of hydrogen-bond acceptors (Lipinski definition) is 3. The van der Waals surface area contributed by atoms with Crippen molar-refractivity contribution in [3.63, 3.8) is 0 Å². The Kier molecular flexibility index (Phi) is 5.74. The van der Waals surface area contributed by atoms with E-state index >= 15 is 0 Å². The van der Waals surface area contributed by atoms with Crippen molar-refractivity contribution in [3.05, 3.63) is 56.0 Å². The van der Waals surface area contributed by atoms with Crippen molar-refractivity contribution >= 4 is 34.8 Å². The number of aryl methyl sites for hydroxylation is 2. The standard InChI is InChI=1S/C16H16ClFN2O2S/c1-3-13-9(2)7-14(23-13)16(22)20-19-15(21)8-10-11(17)5-4-6-12(10)18/h4-7H,3,8H2,1-2H3,(H,19,21)(H,20,22). The molecule has 7 heteroatoms. The lowest BCUT2D eigenvalue weighted by molar-refractivity contribution is -0.121. The normalized spacial score (nSPS) is 10.4. The van der Waals surface area contributed by atoms with Crippen LogP contribution in [0.4, 0.5) is 4.39 Å². The first-order valence-electron chi connectivity index (χ1n) is 7.03. The summed E-state index contributed by atoms with van der Waals surface area (Å²) in [5, 5.41) is 0.174. The number of amides is 2. The minimum Gasteiger partial charge on any atom is -0.273 e. The Morgan fingerprint density at radius 2 is 2.04 bits per heavy atom. The fourth-order valence-electron chi connectivity index (χ4n) is 2.08. The van der Waals surface area contributed by atoms with Gasteiger partial charge in [-0.15, -0.1) is 11.3 Å². The monoisotopic (exact) mass is 354 g/mol. The van der Waals surface area contributed by atoms with Crippen LogP contribution in [0.2, 0.25) is 5.02 Å². The molecule has 1 aromatic heterocycles. The van der Waals surface area contributed by atoms with Crippen LogP contribution in [0.5, 0.6) is 0 Å². The van der Waals surface area contributed by atoms with Gasteiger partial charge in [-0.2, -0.15) is 0 Å². The van der Waals surface area contributed by atoms with E-state index in [4.69, 9.17) is 11.6 Å². The summed E-state index contributed by atoms with van der Waals surface area (Å²) in [6.45, 7) is 3.95. The Hall–Kier alpha value is -1.92. The summed E-state index contributed by atoms with van der Waals surface area (Å²) in [5.41, 5.74) is 5.75. The van der Waals surface area contributed by atoms with Gasteiger partial charge < -0.3 is 0 Å². The number of hydrazine groups is 1. The first kappa shape index (κ1) is 17.4. The molecule has 0 spiro atoms. The van der Waals surface area contributed by atoms with E-state index in [-0.39, 0.29) is 17.0 Å². The topological polar surface area (TPSA) is 58.2 Å². The third-order valence-electron chi connectivity index (χ3n) is 3.28. The van der Waals surface area contributed by atoms with Gasteiger partial charge >= 0.3 is 0 Å². The van der Waals surface area contributed by atoms with Gasteiger partial charge in [-0.25, -0.2) is 4.39 Å². The summed E-state index contributed by atoms with van der Waals surface area (Å²) in [6, 6.07) is 5.98. The van der Waals surface area contributed by atoms with Crippen LogP contribution in [-0.4, -0.2) is 11.8 Å². The first-order chi connectivity index (χ1) is 10.9. The largest absolute Gasteiger partial charge is 0.279 e. The van der Waals surface area contributed by atoms with Crippen molar-refractivity contribution in [2.24, 2.45) is 0 Å². The lowest BCUT2D eigenvalue weighted by atomic mass is 10.1. The van der Waals surface area contributed by atoms with E-state index in [1.807, 2.05) is 13.8 Å². The minimum absolute atomic E-state index is 0.0983. The molecule has 2 N–H and O–H groups in total. The summed E-state index contributed by atoms with van der Waals surface area (Å²) in [5.74, 6) is -1.50. The highest BCUT2D eigenvalue weighted by Crippen LogP contribution is 2.22. The summed E-state index contributed by atoms with van der Waals surface area (Å²) < 4.78 is 13.6. The second-order valence-electron chi connectivity index (χ2n) is 4.95. The van der Waals surface area contributed by atoms with E-state index in [0.717, 1.165) is 16.9 Å². The molecule has 1 aromatic carbocycles. The smallest absolute Gasteiger partial charge is 0.273 e. The van der Waals surface area contributed by atoms with Crippen molar-refractivity contribution < 1.29 is 14.0 Å². The molecule has 1 heterocycles. The molecule has 4 nitrogen and oxygen atoms in total. The molecule has 0 unspecified atom stereocenters. The maximum absolute atomic E-state index is 13.6. The van der Waals surface area contributed by atoms with Crippen molar-refractivity contribution in [2.75, 3.05) is 0 Å². The van der Waals surface area contributed by atoms with Crippen LogP contribution >= 0.6 is 22.9 Å². The highest BCUT2D eigenvalue weighted by molar-refractivity contribution is 7.14. The van der Waals surface area contributed by atoms with Crippen LogP contribution in [0.1, 0.15) is 32.6 Å². The number of hydrogen-bond donors (Lipinski definition) is 2. The lowest BCUT2D eigenvalue weighted by Crippen LogP contribution is -2.42. The van der Waals surface area contributed by atoms with Crippen molar-refractivity contribution in [3.8, 4) is 0 Å². The van der Waals surface area contributed by atoms with Crippen molar-refractivity contribution in [1.82, 2.24) is 10.9 Å². The molecule has 0 atom stereocenters. The minimum atomic E-state index is -0.555. The van der Waals surface area contributed by atoms with Gasteiger partial charge in [0.15, 0.2) is 0 Å². The molecule has 2 rings (SSSR count). The number of rotatable bonds is 4. The van der Waals surface area contributed by atoms with Gasteiger partial charge in [0.05, 0.1) is 11.3 Å². The average molecular weight is 355 g/mol. The Balaban J connectivity index is 1.95. The number of nitrogens with one attached hydrogen (secondary N) is 2. The first-order valence-corrected chi connectivity index (χ1v) is 8.23. The molecule has 0 saturated heterocycles. The molecule has 122 valence electrons. The van der Waals surface area contributed by atoms with Gasteiger partial charge in [0.2, 0.25) is 5.91 Å². The van der Waals surface area contributed by atoms with Crippen LogP contribution in [-0.2, 0) is 17.6 Å². The van der Waals surface area contributed by atoms with Crippen LogP contribution in [0.15, 0.2) is 24.3 Å². The Morgan fingerprint density at radius 1 is 1.30 bits per heavy atom. The van der Waals surface area contributed by atoms with Crippen LogP contribution in [0, 0.1) is 12.7 Å². The van der Waals surface area contributed by atoms with E-state index in [9.17, 15) is 14.0 Å². The molecule has 2 amide bonds. The second kappa shape index (κ2) is 7.57. The van der Waals surface area contributed by atoms with Gasteiger partial charge in [0.25, 0.3) is 5.91 Å². The van der Waals surface area contributed by atoms with Crippen molar-refractivity contribution in [2.45, 2.75) is 26.7 Å². The zero-order chi connectivity index (χ0) is 17.0. The van der Waals surface area contributed by atoms with Crippen LogP contribution in [0.3, 0.4) is 0 Å². The number of carbonyl (C=O) groups excluding carboxylic acids is 2. The molecule has 2 aromatic rings. The molecule has 0 saturated carbocycles. The Labute approximate surface area is 142 Å². The van der Waals surface area contributed by atoms with Gasteiger partial charge in [0, 0.05) is 15.5 Å². The molecule has 0 aliphatic rings. The summed E-state index contributed by atoms with van der Waals surface area (Å²) in [7, 11) is 0. The van der Waals surface area contributed by atoms with E-state index in [1.54, 1.807) is 6.07 Å². The number of carbonyl (C=O) groups is 2. The predicted octanol–water partition coefficient (Wildman–Crippen LogP) is 3.42. The number of thiophene rings is 1. The SMILES string of the molecule is CCc1sc(C(=O)NNC(=O)Cc2c(F)cccc2Cl)cc1C. The van der Waals surface area contributed by atoms with Gasteiger partial charge in [0.1, 0.15) is 5.82 Å². The fourth-order valence-corrected chi connectivity index (χ4v) is 3.32. The number of benzene rings is 1. The van der Waals surface area contributed by atoms with Gasteiger partial charge in [-0.05, 0) is 37.1 Å². The van der Waals surface area contributed by atoms with Crippen molar-refractivity contribution in [1.29, 1.82) is 0 Å². The zero-order valence-electron chi connectivity index (χ0n) is 12.7. The number of halogens is 2. The Bertz CT molecular complexity index is 725. The summed E-state index contributed by atoms with van der Waals surface area (Å²) in [6.07, 6.45) is 0.595. The Morgan fingerprint density at radius 3 is 2.65 bits per heavy atom. The average Bonchev–Trinajstić information content (AvgIpc) is 2.90. The molecule has 0 bridgehead atoms. The second-order valence-corrected chi connectivity index (χ2v) is 6.49. The lowest BCUT2D eigenvalue weighted by Gasteiger charge is -2.08. The highest BCUT2D eigenvalue weighted by atomic mass is 35.5.